The predicted molar refractivity (Wildman–Crippen MR) is 74.3 cm³/mol. The lowest BCUT2D eigenvalue weighted by atomic mass is 9.94. The van der Waals surface area contributed by atoms with Crippen LogP contribution in [0.2, 0.25) is 0 Å². The molecule has 28 heavy (non-hydrogen) atoms. The van der Waals surface area contributed by atoms with E-state index in [1.165, 1.54) is 0 Å². The van der Waals surface area contributed by atoms with Crippen molar-refractivity contribution in [2.24, 2.45) is 0 Å². The summed E-state index contributed by atoms with van der Waals surface area (Å²) in [5, 5.41) is -1.74. The number of halogens is 13. The molecule has 0 bridgehead atoms. The van der Waals surface area contributed by atoms with E-state index >= 15 is 0 Å². The molecule has 1 atom stereocenters. The van der Waals surface area contributed by atoms with E-state index in [-0.39, 0.29) is 0 Å². The first-order valence-corrected chi connectivity index (χ1v) is 8.19. The van der Waals surface area contributed by atoms with Crippen LogP contribution in [-0.2, 0) is 9.53 Å². The van der Waals surface area contributed by atoms with Crippen molar-refractivity contribution in [1.82, 2.24) is 0 Å². The highest BCUT2D eigenvalue weighted by molar-refractivity contribution is 8.14. The van der Waals surface area contributed by atoms with Crippen molar-refractivity contribution in [3.63, 3.8) is 0 Å². The molecule has 0 N–H and O–H groups in total. The smallest absolute Gasteiger partial charge is 0.374 e. The van der Waals surface area contributed by atoms with Gasteiger partial charge in [0, 0.05) is 18.1 Å². The van der Waals surface area contributed by atoms with Crippen molar-refractivity contribution in [1.29, 1.82) is 0 Å². The first-order valence-electron chi connectivity index (χ1n) is 6.77. The zero-order valence-corrected chi connectivity index (χ0v) is 15.0. The van der Waals surface area contributed by atoms with Crippen molar-refractivity contribution in [3.8, 4) is 0 Å². The molecule has 1 unspecified atom stereocenters. The molecule has 0 aromatic carbocycles. The van der Waals surface area contributed by atoms with E-state index in [2.05, 4.69) is 4.74 Å². The standard InChI is InChI=1S/C12H11ClF12O2S/c1-5(26)28-6(2-13)3-27-4-8(16,17)10(20,21)12(24,25)11(22,23)9(18,19)7(14)15/h6-7H,2-4H2,1H3. The first kappa shape index (κ1) is 27.4. The van der Waals surface area contributed by atoms with E-state index in [1.807, 2.05) is 0 Å². The minimum atomic E-state index is -7.59. The third kappa shape index (κ3) is 5.12. The van der Waals surface area contributed by atoms with Crippen molar-refractivity contribution in [2.45, 2.75) is 48.2 Å². The molecule has 0 amide bonds. The molecule has 0 aromatic heterocycles. The minimum Gasteiger partial charge on any atom is -0.374 e. The van der Waals surface area contributed by atoms with Crippen molar-refractivity contribution in [2.75, 3.05) is 19.1 Å². The van der Waals surface area contributed by atoms with Crippen molar-refractivity contribution >= 4 is 28.5 Å². The molecule has 0 heterocycles. The van der Waals surface area contributed by atoms with Crippen LogP contribution in [0.5, 0.6) is 0 Å². The van der Waals surface area contributed by atoms with E-state index in [4.69, 9.17) is 11.6 Å². The van der Waals surface area contributed by atoms with Gasteiger partial charge >= 0.3 is 36.0 Å². The Balaban J connectivity index is 5.54. The largest absolute Gasteiger partial charge is 0.384 e. The van der Waals surface area contributed by atoms with Gasteiger partial charge in [0.25, 0.3) is 0 Å². The summed E-state index contributed by atoms with van der Waals surface area (Å²) in [5.74, 6) is -36.0. The van der Waals surface area contributed by atoms with Gasteiger partial charge in [-0.15, -0.1) is 11.6 Å². The first-order chi connectivity index (χ1) is 12.3. The van der Waals surface area contributed by atoms with Gasteiger partial charge in [0.1, 0.15) is 6.61 Å². The minimum absolute atomic E-state index is 0.395. The zero-order chi connectivity index (χ0) is 22.8. The molecule has 0 radical (unpaired) electrons. The fourth-order valence-corrected chi connectivity index (χ4v) is 2.50. The van der Waals surface area contributed by atoms with Crippen LogP contribution in [0.1, 0.15) is 6.92 Å². The van der Waals surface area contributed by atoms with Gasteiger partial charge in [-0.25, -0.2) is 8.78 Å². The highest BCUT2D eigenvalue weighted by Gasteiger charge is 2.87. The highest BCUT2D eigenvalue weighted by atomic mass is 35.5. The summed E-state index contributed by atoms with van der Waals surface area (Å²) in [6.45, 7) is -2.69. The number of thioether (sulfide) groups is 1. The topological polar surface area (TPSA) is 26.3 Å². The summed E-state index contributed by atoms with van der Waals surface area (Å²) >= 11 is 5.70. The molecule has 0 saturated carbocycles. The van der Waals surface area contributed by atoms with E-state index in [9.17, 15) is 57.5 Å². The van der Waals surface area contributed by atoms with E-state index in [1.54, 1.807) is 0 Å². The molecule has 0 fully saturated rings. The summed E-state index contributed by atoms with van der Waals surface area (Å²) in [6.07, 6.45) is -5.55. The molecule has 0 aliphatic carbocycles. The lowest BCUT2D eigenvalue weighted by Crippen LogP contribution is -2.69. The summed E-state index contributed by atoms with van der Waals surface area (Å²) in [4.78, 5) is 10.8. The SMILES string of the molecule is CC(=O)SC(CCl)COCC(F)(F)C(F)(F)C(F)(F)C(F)(F)C(F)(F)C(F)F. The van der Waals surface area contributed by atoms with Gasteiger partial charge in [0.05, 0.1) is 6.61 Å². The van der Waals surface area contributed by atoms with Gasteiger partial charge in [0.2, 0.25) is 0 Å². The number of carbonyl (C=O) groups is 1. The average molecular weight is 483 g/mol. The van der Waals surface area contributed by atoms with Gasteiger partial charge in [0.15, 0.2) is 5.12 Å². The van der Waals surface area contributed by atoms with Crippen LogP contribution in [-0.4, -0.2) is 65.5 Å². The third-order valence-electron chi connectivity index (χ3n) is 3.03. The van der Waals surface area contributed by atoms with Crippen LogP contribution in [0, 0.1) is 0 Å². The zero-order valence-electron chi connectivity index (χ0n) is 13.4. The normalized spacial score (nSPS) is 15.8. The number of ether oxygens (including phenoxy) is 1. The van der Waals surface area contributed by atoms with Crippen LogP contribution in [0.15, 0.2) is 0 Å². The Morgan fingerprint density at radius 2 is 1.39 bits per heavy atom. The third-order valence-corrected chi connectivity index (χ3v) is 4.56. The van der Waals surface area contributed by atoms with E-state index < -0.39 is 65.5 Å². The number of rotatable bonds is 11. The Bertz CT molecular complexity index is 543. The molecular weight excluding hydrogens is 472 g/mol. The maximum absolute atomic E-state index is 13.4. The summed E-state index contributed by atoms with van der Waals surface area (Å²) in [5.41, 5.74) is 0. The summed E-state index contributed by atoms with van der Waals surface area (Å²) in [7, 11) is 0. The molecule has 16 heteroatoms. The highest BCUT2D eigenvalue weighted by Crippen LogP contribution is 2.58. The second-order valence-corrected chi connectivity index (χ2v) is 7.04. The molecule has 0 spiro atoms. The molecule has 168 valence electrons. The molecule has 2 nitrogen and oxygen atoms in total. The second-order valence-electron chi connectivity index (χ2n) is 5.25. The Hall–Kier alpha value is -0.570. The van der Waals surface area contributed by atoms with Crippen molar-refractivity contribution < 1.29 is 62.2 Å². The van der Waals surface area contributed by atoms with Gasteiger partial charge in [-0.1, -0.05) is 11.8 Å². The van der Waals surface area contributed by atoms with Gasteiger partial charge in [-0.2, -0.15) is 43.9 Å². The Morgan fingerprint density at radius 1 is 0.929 bits per heavy atom. The van der Waals surface area contributed by atoms with E-state index in [0.717, 1.165) is 6.92 Å². The second kappa shape index (κ2) is 9.06. The van der Waals surface area contributed by atoms with Crippen LogP contribution in [0.25, 0.3) is 0 Å². The van der Waals surface area contributed by atoms with Crippen LogP contribution in [0.3, 0.4) is 0 Å². The molecule has 0 aromatic rings. The predicted octanol–water partition coefficient (Wildman–Crippen LogP) is 5.33. The summed E-state index contributed by atoms with van der Waals surface area (Å²) in [6, 6.07) is 0. The Kier molecular flexibility index (Phi) is 8.88. The van der Waals surface area contributed by atoms with Crippen molar-refractivity contribution in [3.05, 3.63) is 0 Å². The number of alkyl halides is 13. The molecule has 0 saturated heterocycles. The number of hydrogen-bond donors (Lipinski definition) is 0. The molecule has 0 rings (SSSR count). The average Bonchev–Trinajstić information content (AvgIpc) is 2.52. The molecule has 0 aliphatic heterocycles. The lowest BCUT2D eigenvalue weighted by Gasteiger charge is -2.39. The fraction of sp³-hybridized carbons (Fsp3) is 0.917. The van der Waals surface area contributed by atoms with E-state index in [0.29, 0.717) is 11.8 Å². The Morgan fingerprint density at radius 3 is 1.75 bits per heavy atom. The summed E-state index contributed by atoms with van der Waals surface area (Å²) < 4.78 is 159. The van der Waals surface area contributed by atoms with Gasteiger partial charge in [-0.05, 0) is 0 Å². The maximum Gasteiger partial charge on any atom is 0.384 e. The number of carbonyl (C=O) groups excluding carboxylic acids is 1. The van der Waals surface area contributed by atoms with Crippen LogP contribution >= 0.6 is 23.4 Å². The van der Waals surface area contributed by atoms with Crippen LogP contribution in [0.4, 0.5) is 52.7 Å². The fourth-order valence-electron chi connectivity index (χ4n) is 1.53. The van der Waals surface area contributed by atoms with Crippen LogP contribution < -0.4 is 0 Å². The lowest BCUT2D eigenvalue weighted by molar-refractivity contribution is -0.415. The number of hydrogen-bond acceptors (Lipinski definition) is 3. The Labute approximate surface area is 158 Å². The van der Waals surface area contributed by atoms with Gasteiger partial charge in [-0.3, -0.25) is 4.79 Å². The molecule has 0 aliphatic rings. The monoisotopic (exact) mass is 482 g/mol. The van der Waals surface area contributed by atoms with Gasteiger partial charge < -0.3 is 4.74 Å². The maximum atomic E-state index is 13.4. The molecular formula is C12H11ClF12O2S. The quantitative estimate of drug-likeness (QED) is 0.294.